The Labute approximate surface area is 126 Å². The number of aldehydes is 1. The van der Waals surface area contributed by atoms with E-state index in [2.05, 4.69) is 15.3 Å². The number of rotatable bonds is 3. The Morgan fingerprint density at radius 2 is 2.14 bits per heavy atom. The molecule has 0 bridgehead atoms. The van der Waals surface area contributed by atoms with Crippen LogP contribution in [0, 0.1) is 6.92 Å². The summed E-state index contributed by atoms with van der Waals surface area (Å²) in [5.41, 5.74) is 3.42. The predicted octanol–water partition coefficient (Wildman–Crippen LogP) is 3.10. The Morgan fingerprint density at radius 3 is 2.81 bits per heavy atom. The van der Waals surface area contributed by atoms with Crippen molar-refractivity contribution < 1.29 is 4.79 Å². The summed E-state index contributed by atoms with van der Waals surface area (Å²) in [5.74, 6) is 0. The topological polar surface area (TPSA) is 60.7 Å². The van der Waals surface area contributed by atoms with Gasteiger partial charge in [0, 0.05) is 23.0 Å². The number of hydrogen-bond acceptors (Lipinski definition) is 4. The molecule has 0 aliphatic carbocycles. The molecule has 0 saturated heterocycles. The van der Waals surface area contributed by atoms with Gasteiger partial charge in [0.2, 0.25) is 0 Å². The fourth-order valence-corrected chi connectivity index (χ4v) is 2.40. The minimum absolute atomic E-state index is 0.275. The van der Waals surface area contributed by atoms with Gasteiger partial charge in [-0.1, -0.05) is 16.8 Å². The third kappa shape index (κ3) is 2.43. The first-order chi connectivity index (χ1) is 10.2. The van der Waals surface area contributed by atoms with Gasteiger partial charge in [0.05, 0.1) is 5.69 Å². The molecule has 5 nitrogen and oxygen atoms in total. The number of aryl methyl sites for hydroxylation is 1. The molecule has 0 spiro atoms. The molecule has 0 N–H and O–H groups in total. The second kappa shape index (κ2) is 5.46. The minimum atomic E-state index is 0.275. The molecular weight excluding hydrogens is 288 g/mol. The average Bonchev–Trinajstić information content (AvgIpc) is 2.92. The van der Waals surface area contributed by atoms with Crippen LogP contribution >= 0.6 is 11.6 Å². The van der Waals surface area contributed by atoms with E-state index < -0.39 is 0 Å². The number of aromatic nitrogens is 4. The Kier molecular flexibility index (Phi) is 3.50. The molecule has 0 fully saturated rings. The normalized spacial score (nSPS) is 10.6. The summed E-state index contributed by atoms with van der Waals surface area (Å²) < 4.78 is 1.63. The van der Waals surface area contributed by atoms with Crippen LogP contribution in [-0.2, 0) is 0 Å². The SMILES string of the molecule is Cc1cc(Cl)ccc1-n1nnc(C=O)c1-c1cccnc1. The van der Waals surface area contributed by atoms with E-state index in [0.717, 1.165) is 16.8 Å². The quantitative estimate of drug-likeness (QED) is 0.697. The zero-order valence-corrected chi connectivity index (χ0v) is 11.9. The highest BCUT2D eigenvalue weighted by atomic mass is 35.5. The molecule has 0 unspecified atom stereocenters. The fraction of sp³-hybridized carbons (Fsp3) is 0.0667. The zero-order valence-electron chi connectivity index (χ0n) is 11.2. The summed E-state index contributed by atoms with van der Waals surface area (Å²) in [7, 11) is 0. The molecule has 3 aromatic rings. The van der Waals surface area contributed by atoms with Crippen LogP contribution < -0.4 is 0 Å². The van der Waals surface area contributed by atoms with Crippen molar-refractivity contribution >= 4 is 17.9 Å². The van der Waals surface area contributed by atoms with E-state index in [1.165, 1.54) is 0 Å². The number of pyridine rings is 1. The van der Waals surface area contributed by atoms with Crippen LogP contribution in [0.25, 0.3) is 16.9 Å². The Bertz CT molecular complexity index is 799. The molecular formula is C15H11ClN4O. The predicted molar refractivity (Wildman–Crippen MR) is 79.7 cm³/mol. The molecule has 2 aromatic heterocycles. The van der Waals surface area contributed by atoms with Crippen molar-refractivity contribution in [3.63, 3.8) is 0 Å². The first kappa shape index (κ1) is 13.5. The molecule has 104 valence electrons. The molecule has 21 heavy (non-hydrogen) atoms. The van der Waals surface area contributed by atoms with Crippen molar-refractivity contribution in [1.82, 2.24) is 20.0 Å². The van der Waals surface area contributed by atoms with Crippen molar-refractivity contribution in [2.75, 3.05) is 0 Å². The van der Waals surface area contributed by atoms with E-state index in [0.29, 0.717) is 17.0 Å². The molecule has 0 aliphatic rings. The summed E-state index contributed by atoms with van der Waals surface area (Å²) in [5, 5.41) is 8.67. The van der Waals surface area contributed by atoms with Gasteiger partial charge in [-0.2, -0.15) is 0 Å². The van der Waals surface area contributed by atoms with E-state index in [4.69, 9.17) is 11.6 Å². The van der Waals surface area contributed by atoms with Gasteiger partial charge in [-0.3, -0.25) is 9.78 Å². The number of carbonyl (C=O) groups is 1. The lowest BCUT2D eigenvalue weighted by molar-refractivity contribution is 0.111. The number of nitrogens with zero attached hydrogens (tertiary/aromatic N) is 4. The van der Waals surface area contributed by atoms with Crippen molar-refractivity contribution in [2.24, 2.45) is 0 Å². The summed E-state index contributed by atoms with van der Waals surface area (Å²) in [6.07, 6.45) is 4.04. The van der Waals surface area contributed by atoms with Crippen LogP contribution in [0.5, 0.6) is 0 Å². The van der Waals surface area contributed by atoms with E-state index in [9.17, 15) is 4.79 Å². The number of benzene rings is 1. The van der Waals surface area contributed by atoms with Gasteiger partial charge in [0.15, 0.2) is 12.0 Å². The summed E-state index contributed by atoms with van der Waals surface area (Å²) >= 11 is 5.98. The lowest BCUT2D eigenvalue weighted by atomic mass is 10.1. The second-order valence-corrected chi connectivity index (χ2v) is 4.96. The molecule has 0 atom stereocenters. The Hall–Kier alpha value is -2.53. The molecule has 2 heterocycles. The van der Waals surface area contributed by atoms with Crippen LogP contribution in [-0.4, -0.2) is 26.3 Å². The second-order valence-electron chi connectivity index (χ2n) is 4.53. The lowest BCUT2D eigenvalue weighted by Gasteiger charge is -2.09. The minimum Gasteiger partial charge on any atom is -0.296 e. The Morgan fingerprint density at radius 1 is 1.29 bits per heavy atom. The van der Waals surface area contributed by atoms with Gasteiger partial charge in [0.1, 0.15) is 5.69 Å². The van der Waals surface area contributed by atoms with Gasteiger partial charge in [-0.25, -0.2) is 4.68 Å². The van der Waals surface area contributed by atoms with Crippen molar-refractivity contribution in [3.8, 4) is 16.9 Å². The largest absolute Gasteiger partial charge is 0.296 e. The van der Waals surface area contributed by atoms with Gasteiger partial charge in [-0.15, -0.1) is 5.10 Å². The molecule has 6 heteroatoms. The smallest absolute Gasteiger partial charge is 0.172 e. The number of hydrogen-bond donors (Lipinski definition) is 0. The highest BCUT2D eigenvalue weighted by molar-refractivity contribution is 6.30. The molecule has 0 radical (unpaired) electrons. The lowest BCUT2D eigenvalue weighted by Crippen LogP contribution is -2.02. The molecule has 0 aliphatic heterocycles. The average molecular weight is 299 g/mol. The van der Waals surface area contributed by atoms with E-state index in [-0.39, 0.29) is 5.69 Å². The fourth-order valence-electron chi connectivity index (χ4n) is 2.17. The van der Waals surface area contributed by atoms with Crippen LogP contribution in [0.15, 0.2) is 42.7 Å². The third-order valence-corrected chi connectivity index (χ3v) is 3.37. The maximum atomic E-state index is 11.2. The van der Waals surface area contributed by atoms with Crippen LogP contribution in [0.1, 0.15) is 16.1 Å². The van der Waals surface area contributed by atoms with Crippen molar-refractivity contribution in [2.45, 2.75) is 6.92 Å². The maximum absolute atomic E-state index is 11.2. The van der Waals surface area contributed by atoms with Gasteiger partial charge in [-0.05, 0) is 42.8 Å². The molecule has 3 rings (SSSR count). The first-order valence-electron chi connectivity index (χ1n) is 6.28. The number of carbonyl (C=O) groups excluding carboxylic acids is 1. The Balaban J connectivity index is 2.25. The van der Waals surface area contributed by atoms with Crippen LogP contribution in [0.4, 0.5) is 0 Å². The standard InChI is InChI=1S/C15H11ClN4O/c1-10-7-12(16)4-5-14(10)20-15(13(9-21)18-19-20)11-3-2-6-17-8-11/h2-9H,1H3. The third-order valence-electron chi connectivity index (χ3n) is 3.13. The zero-order chi connectivity index (χ0) is 14.8. The highest BCUT2D eigenvalue weighted by Gasteiger charge is 2.17. The van der Waals surface area contributed by atoms with Gasteiger partial charge in [0.25, 0.3) is 0 Å². The molecule has 0 amide bonds. The summed E-state index contributed by atoms with van der Waals surface area (Å²) in [6.45, 7) is 1.93. The number of halogens is 1. The molecule has 1 aromatic carbocycles. The highest BCUT2D eigenvalue weighted by Crippen LogP contribution is 2.26. The van der Waals surface area contributed by atoms with Crippen LogP contribution in [0.2, 0.25) is 5.02 Å². The van der Waals surface area contributed by atoms with E-state index in [1.54, 1.807) is 29.2 Å². The van der Waals surface area contributed by atoms with Crippen molar-refractivity contribution in [3.05, 3.63) is 59.0 Å². The van der Waals surface area contributed by atoms with Crippen molar-refractivity contribution in [1.29, 1.82) is 0 Å². The van der Waals surface area contributed by atoms with E-state index in [1.807, 2.05) is 25.1 Å². The summed E-state index contributed by atoms with van der Waals surface area (Å²) in [6, 6.07) is 9.13. The maximum Gasteiger partial charge on any atom is 0.172 e. The van der Waals surface area contributed by atoms with Crippen LogP contribution in [0.3, 0.4) is 0 Å². The van der Waals surface area contributed by atoms with Gasteiger partial charge < -0.3 is 0 Å². The monoisotopic (exact) mass is 298 g/mol. The van der Waals surface area contributed by atoms with E-state index >= 15 is 0 Å². The first-order valence-corrected chi connectivity index (χ1v) is 6.66. The molecule has 0 saturated carbocycles. The summed E-state index contributed by atoms with van der Waals surface area (Å²) in [4.78, 5) is 15.3. The van der Waals surface area contributed by atoms with Gasteiger partial charge >= 0.3 is 0 Å².